The molecule has 0 saturated carbocycles. The molecule has 3 aromatic rings. The molecule has 0 fully saturated rings. The highest BCUT2D eigenvalue weighted by Crippen LogP contribution is 2.21. The van der Waals surface area contributed by atoms with Crippen molar-refractivity contribution >= 4 is 27.7 Å². The van der Waals surface area contributed by atoms with E-state index in [1.54, 1.807) is 36.0 Å². The van der Waals surface area contributed by atoms with E-state index in [9.17, 15) is 13.2 Å². The Morgan fingerprint density at radius 3 is 2.24 bits per heavy atom. The van der Waals surface area contributed by atoms with E-state index in [1.807, 2.05) is 75.6 Å². The standard InChI is InChI=1S/C26H30N2O3S2/c1-19-8-14-25(15-9-19)33(30,31)28(17-22-7-5-6-20(2)16-22)18-26(29)27-21(3)23-10-12-24(32-4)13-11-23/h5-16,21H,17-18H2,1-4H3,(H,27,29)/t21-/m1/s1. The van der Waals surface area contributed by atoms with Crippen molar-refractivity contribution < 1.29 is 13.2 Å². The molecule has 3 aromatic carbocycles. The molecule has 0 spiro atoms. The number of hydrogen-bond donors (Lipinski definition) is 1. The van der Waals surface area contributed by atoms with E-state index in [4.69, 9.17) is 0 Å². The highest BCUT2D eigenvalue weighted by molar-refractivity contribution is 7.98. The number of hydrogen-bond acceptors (Lipinski definition) is 4. The maximum Gasteiger partial charge on any atom is 0.243 e. The minimum atomic E-state index is -3.86. The van der Waals surface area contributed by atoms with Gasteiger partial charge in [-0.3, -0.25) is 4.79 Å². The van der Waals surface area contributed by atoms with Crippen molar-refractivity contribution in [1.29, 1.82) is 0 Å². The van der Waals surface area contributed by atoms with Crippen LogP contribution in [-0.2, 0) is 21.4 Å². The Balaban J connectivity index is 1.82. The highest BCUT2D eigenvalue weighted by Gasteiger charge is 2.27. The zero-order valence-corrected chi connectivity index (χ0v) is 21.0. The minimum absolute atomic E-state index is 0.113. The second kappa shape index (κ2) is 11.0. The second-order valence-electron chi connectivity index (χ2n) is 8.14. The average Bonchev–Trinajstić information content (AvgIpc) is 2.79. The molecule has 0 bridgehead atoms. The number of carbonyl (C=O) groups excluding carboxylic acids is 1. The predicted molar refractivity (Wildman–Crippen MR) is 135 cm³/mol. The Bertz CT molecular complexity index is 1190. The Morgan fingerprint density at radius 1 is 0.970 bits per heavy atom. The number of nitrogens with zero attached hydrogens (tertiary/aromatic N) is 1. The van der Waals surface area contributed by atoms with Crippen molar-refractivity contribution in [3.05, 3.63) is 95.1 Å². The van der Waals surface area contributed by atoms with Gasteiger partial charge in [-0.05, 0) is 62.4 Å². The normalized spacial score (nSPS) is 12.5. The van der Waals surface area contributed by atoms with Crippen LogP contribution in [0.3, 0.4) is 0 Å². The van der Waals surface area contributed by atoms with Gasteiger partial charge in [-0.25, -0.2) is 8.42 Å². The van der Waals surface area contributed by atoms with Crippen molar-refractivity contribution in [2.45, 2.75) is 43.1 Å². The van der Waals surface area contributed by atoms with E-state index in [0.717, 1.165) is 27.1 Å². The summed E-state index contributed by atoms with van der Waals surface area (Å²) in [6.07, 6.45) is 2.01. The molecule has 0 aromatic heterocycles. The lowest BCUT2D eigenvalue weighted by Gasteiger charge is -2.23. The van der Waals surface area contributed by atoms with Crippen LogP contribution in [0.4, 0.5) is 0 Å². The van der Waals surface area contributed by atoms with E-state index >= 15 is 0 Å². The van der Waals surface area contributed by atoms with Gasteiger partial charge >= 0.3 is 0 Å². The number of aryl methyl sites for hydroxylation is 2. The van der Waals surface area contributed by atoms with Crippen LogP contribution in [0.25, 0.3) is 0 Å². The SMILES string of the molecule is CSc1ccc([C@@H](C)NC(=O)CN(Cc2cccc(C)c2)S(=O)(=O)c2ccc(C)cc2)cc1. The van der Waals surface area contributed by atoms with E-state index in [2.05, 4.69) is 5.32 Å². The molecule has 1 atom stereocenters. The van der Waals surface area contributed by atoms with Gasteiger partial charge < -0.3 is 5.32 Å². The molecule has 0 saturated heterocycles. The smallest absolute Gasteiger partial charge is 0.243 e. The van der Waals surface area contributed by atoms with E-state index < -0.39 is 10.0 Å². The second-order valence-corrected chi connectivity index (χ2v) is 11.0. The van der Waals surface area contributed by atoms with Crippen molar-refractivity contribution in [1.82, 2.24) is 9.62 Å². The first-order valence-electron chi connectivity index (χ1n) is 10.7. The zero-order chi connectivity index (χ0) is 24.0. The number of benzene rings is 3. The molecule has 33 heavy (non-hydrogen) atoms. The van der Waals surface area contributed by atoms with Gasteiger partial charge in [0.15, 0.2) is 0 Å². The minimum Gasteiger partial charge on any atom is -0.348 e. The first kappa shape index (κ1) is 25.0. The van der Waals surface area contributed by atoms with Crippen LogP contribution in [0.15, 0.2) is 82.6 Å². The summed E-state index contributed by atoms with van der Waals surface area (Å²) in [6.45, 7) is 5.60. The molecule has 0 aliphatic rings. The molecule has 5 nitrogen and oxygen atoms in total. The van der Waals surface area contributed by atoms with Crippen LogP contribution < -0.4 is 5.32 Å². The van der Waals surface area contributed by atoms with Gasteiger partial charge in [-0.1, -0.05) is 59.7 Å². The number of sulfonamides is 1. The largest absolute Gasteiger partial charge is 0.348 e. The summed E-state index contributed by atoms with van der Waals surface area (Å²) in [6, 6.07) is 22.1. The van der Waals surface area contributed by atoms with Gasteiger partial charge in [0, 0.05) is 11.4 Å². The van der Waals surface area contributed by atoms with Crippen LogP contribution >= 0.6 is 11.8 Å². The first-order valence-corrected chi connectivity index (χ1v) is 13.4. The number of thioether (sulfide) groups is 1. The average molecular weight is 483 g/mol. The van der Waals surface area contributed by atoms with Crippen LogP contribution in [0.1, 0.15) is 35.2 Å². The summed E-state index contributed by atoms with van der Waals surface area (Å²) < 4.78 is 28.1. The molecule has 0 aliphatic heterocycles. The topological polar surface area (TPSA) is 66.5 Å². The van der Waals surface area contributed by atoms with Crippen LogP contribution in [0, 0.1) is 13.8 Å². The Kier molecular flexibility index (Phi) is 8.35. The third kappa shape index (κ3) is 6.69. The fraction of sp³-hybridized carbons (Fsp3) is 0.269. The highest BCUT2D eigenvalue weighted by atomic mass is 32.2. The lowest BCUT2D eigenvalue weighted by molar-refractivity contribution is -0.122. The van der Waals surface area contributed by atoms with Crippen molar-refractivity contribution in [2.75, 3.05) is 12.8 Å². The van der Waals surface area contributed by atoms with Gasteiger partial charge in [0.25, 0.3) is 0 Å². The summed E-state index contributed by atoms with van der Waals surface area (Å²) in [7, 11) is -3.86. The maximum atomic E-state index is 13.4. The molecule has 174 valence electrons. The molecule has 1 N–H and O–H groups in total. The number of rotatable bonds is 9. The van der Waals surface area contributed by atoms with Gasteiger partial charge in [0.2, 0.25) is 15.9 Å². The van der Waals surface area contributed by atoms with Gasteiger partial charge in [-0.2, -0.15) is 4.31 Å². The quantitative estimate of drug-likeness (QED) is 0.431. The number of amides is 1. The summed E-state index contributed by atoms with van der Waals surface area (Å²) in [5.41, 5.74) is 3.80. The number of nitrogens with one attached hydrogen (secondary N) is 1. The lowest BCUT2D eigenvalue weighted by Crippen LogP contribution is -2.41. The fourth-order valence-corrected chi connectivity index (χ4v) is 5.32. The summed E-state index contributed by atoms with van der Waals surface area (Å²) in [5, 5.41) is 2.94. The van der Waals surface area contributed by atoms with Gasteiger partial charge in [0.05, 0.1) is 17.5 Å². The first-order chi connectivity index (χ1) is 15.7. The molecule has 1 amide bonds. The maximum absolute atomic E-state index is 13.4. The zero-order valence-electron chi connectivity index (χ0n) is 19.4. The van der Waals surface area contributed by atoms with Crippen molar-refractivity contribution in [3.63, 3.8) is 0 Å². The number of carbonyl (C=O) groups is 1. The van der Waals surface area contributed by atoms with Crippen LogP contribution in [0.5, 0.6) is 0 Å². The monoisotopic (exact) mass is 482 g/mol. The summed E-state index contributed by atoms with van der Waals surface area (Å²) >= 11 is 1.65. The summed E-state index contributed by atoms with van der Waals surface area (Å²) in [5.74, 6) is -0.347. The molecular weight excluding hydrogens is 452 g/mol. The van der Waals surface area contributed by atoms with Crippen LogP contribution in [0.2, 0.25) is 0 Å². The Hall–Kier alpha value is -2.61. The molecule has 0 unspecified atom stereocenters. The molecule has 7 heteroatoms. The third-order valence-electron chi connectivity index (χ3n) is 5.41. The lowest BCUT2D eigenvalue weighted by atomic mass is 10.1. The van der Waals surface area contributed by atoms with Crippen molar-refractivity contribution in [3.8, 4) is 0 Å². The summed E-state index contributed by atoms with van der Waals surface area (Å²) in [4.78, 5) is 14.2. The van der Waals surface area contributed by atoms with Crippen LogP contribution in [-0.4, -0.2) is 31.4 Å². The van der Waals surface area contributed by atoms with E-state index in [0.29, 0.717) is 0 Å². The van der Waals surface area contributed by atoms with E-state index in [1.165, 1.54) is 4.31 Å². The van der Waals surface area contributed by atoms with E-state index in [-0.39, 0.29) is 29.9 Å². The van der Waals surface area contributed by atoms with Gasteiger partial charge in [-0.15, -0.1) is 11.8 Å². The molecule has 0 aliphatic carbocycles. The molecule has 3 rings (SSSR count). The van der Waals surface area contributed by atoms with Gasteiger partial charge in [0.1, 0.15) is 0 Å². The third-order valence-corrected chi connectivity index (χ3v) is 7.96. The molecule has 0 radical (unpaired) electrons. The van der Waals surface area contributed by atoms with Crippen molar-refractivity contribution in [2.24, 2.45) is 0 Å². The Labute approximate surface area is 201 Å². The fourth-order valence-electron chi connectivity index (χ4n) is 3.52. The predicted octanol–water partition coefficient (Wildman–Crippen LogP) is 5.09. The molecule has 0 heterocycles. The molecular formula is C26H30N2O3S2. The Morgan fingerprint density at radius 2 is 1.64 bits per heavy atom.